The van der Waals surface area contributed by atoms with E-state index in [1.165, 1.54) is 50.3 Å². The van der Waals surface area contributed by atoms with Crippen LogP contribution in [-0.4, -0.2) is 0 Å². The summed E-state index contributed by atoms with van der Waals surface area (Å²) in [6, 6.07) is 38.5. The first-order valence-electron chi connectivity index (χ1n) is 13.6. The van der Waals surface area contributed by atoms with Gasteiger partial charge in [-0.25, -0.2) is 0 Å². The predicted octanol–water partition coefficient (Wildman–Crippen LogP) is 7.25. The van der Waals surface area contributed by atoms with E-state index >= 15 is 0 Å². The Labute approximate surface area is 219 Å². The molecule has 2 aromatic heterocycles. The Kier molecular flexibility index (Phi) is 5.47. The van der Waals surface area contributed by atoms with Gasteiger partial charge < -0.3 is 0 Å². The van der Waals surface area contributed by atoms with Crippen molar-refractivity contribution in [2.75, 3.05) is 0 Å². The fourth-order valence-corrected chi connectivity index (χ4v) is 6.72. The highest BCUT2D eigenvalue weighted by Crippen LogP contribution is 2.42. The maximum absolute atomic E-state index is 2.56. The van der Waals surface area contributed by atoms with Crippen LogP contribution in [0.5, 0.6) is 0 Å². The number of aryl methyl sites for hydroxylation is 3. The van der Waals surface area contributed by atoms with Gasteiger partial charge in [-0.05, 0) is 53.8 Å². The van der Waals surface area contributed by atoms with Crippen molar-refractivity contribution in [2.24, 2.45) is 0 Å². The molecule has 5 aromatic rings. The first-order valence-corrected chi connectivity index (χ1v) is 13.6. The summed E-state index contributed by atoms with van der Waals surface area (Å²) in [5, 5.41) is 0. The number of aromatic nitrogens is 2. The molecule has 0 amide bonds. The van der Waals surface area contributed by atoms with Crippen LogP contribution in [0.25, 0.3) is 33.6 Å². The molecule has 0 saturated carbocycles. The Balaban J connectivity index is 1.41. The molecule has 0 saturated heterocycles. The van der Waals surface area contributed by atoms with Crippen molar-refractivity contribution in [3.05, 3.63) is 132 Å². The lowest BCUT2D eigenvalue weighted by atomic mass is 9.78. The van der Waals surface area contributed by atoms with Crippen LogP contribution in [0.4, 0.5) is 0 Å². The summed E-state index contributed by atoms with van der Waals surface area (Å²) in [7, 11) is 0. The maximum Gasteiger partial charge on any atom is 0.213 e. The van der Waals surface area contributed by atoms with E-state index < -0.39 is 0 Å². The number of rotatable bonds is 1. The van der Waals surface area contributed by atoms with Crippen LogP contribution in [0.15, 0.2) is 116 Å². The van der Waals surface area contributed by atoms with E-state index in [-0.39, 0.29) is 0 Å². The standard InChI is InChI=1S/C35H32N2/c1-25-23-35-28-14-6-5-13-27(28)18-19-34-31(20-22-36(35)24-32(25)26-11-3-2-4-12-26)29-15-7-8-16-30(29)33-17-9-10-21-37(33)34/h2-17,21,23-24,31,34H,18-20,22H2,1H3/q+2. The van der Waals surface area contributed by atoms with Gasteiger partial charge in [-0.3, -0.25) is 0 Å². The largest absolute Gasteiger partial charge is 0.213 e. The molecule has 2 nitrogen and oxygen atoms in total. The van der Waals surface area contributed by atoms with Crippen LogP contribution in [-0.2, 0) is 13.0 Å². The lowest BCUT2D eigenvalue weighted by Gasteiger charge is -2.31. The molecule has 0 aliphatic carbocycles. The molecule has 0 bridgehead atoms. The molecule has 180 valence electrons. The SMILES string of the molecule is Cc1cc2[n+](cc1-c1ccccc1)CCC1c3ccccc3-c3cccc[n+]3C1CCc1ccccc1-2. The molecule has 2 aliphatic heterocycles. The molecule has 2 aliphatic rings. The van der Waals surface area contributed by atoms with Crippen molar-refractivity contribution in [1.29, 1.82) is 0 Å². The lowest BCUT2D eigenvalue weighted by molar-refractivity contribution is -0.723. The highest BCUT2D eigenvalue weighted by molar-refractivity contribution is 5.70. The highest BCUT2D eigenvalue weighted by Gasteiger charge is 2.40. The molecule has 2 unspecified atom stereocenters. The molecule has 2 atom stereocenters. The number of hydrogen-bond acceptors (Lipinski definition) is 0. The number of nitrogens with zero attached hydrogens (tertiary/aromatic N) is 2. The lowest BCUT2D eigenvalue weighted by Crippen LogP contribution is -2.49. The van der Waals surface area contributed by atoms with Crippen LogP contribution < -0.4 is 9.13 Å². The van der Waals surface area contributed by atoms with Crippen LogP contribution in [0.1, 0.15) is 41.5 Å². The van der Waals surface area contributed by atoms with Crippen molar-refractivity contribution in [2.45, 2.75) is 44.7 Å². The van der Waals surface area contributed by atoms with E-state index in [2.05, 4.69) is 132 Å². The zero-order valence-electron chi connectivity index (χ0n) is 21.3. The topological polar surface area (TPSA) is 7.76 Å². The first-order chi connectivity index (χ1) is 18.3. The number of pyridine rings is 2. The molecule has 0 N–H and O–H groups in total. The quantitative estimate of drug-likeness (QED) is 0.223. The van der Waals surface area contributed by atoms with Crippen molar-refractivity contribution in [3.8, 4) is 33.6 Å². The Morgan fingerprint density at radius 1 is 0.676 bits per heavy atom. The van der Waals surface area contributed by atoms with Gasteiger partial charge in [0.2, 0.25) is 11.4 Å². The van der Waals surface area contributed by atoms with E-state index in [1.54, 1.807) is 0 Å². The normalized spacial score (nSPS) is 18.0. The minimum absolute atomic E-state index is 0.445. The summed E-state index contributed by atoms with van der Waals surface area (Å²) in [6.07, 6.45) is 8.03. The molecule has 37 heavy (non-hydrogen) atoms. The number of fused-ring (bicyclic) bond motifs is 9. The van der Waals surface area contributed by atoms with Gasteiger partial charge in [-0.2, -0.15) is 9.13 Å². The summed E-state index contributed by atoms with van der Waals surface area (Å²) in [5.74, 6) is 0.475. The average molecular weight is 481 g/mol. The summed E-state index contributed by atoms with van der Waals surface area (Å²) < 4.78 is 5.09. The second-order valence-corrected chi connectivity index (χ2v) is 10.6. The fraction of sp³-hybridized carbons (Fsp3) is 0.200. The van der Waals surface area contributed by atoms with Crippen LogP contribution in [0.3, 0.4) is 0 Å². The van der Waals surface area contributed by atoms with Gasteiger partial charge >= 0.3 is 0 Å². The van der Waals surface area contributed by atoms with E-state index in [0.29, 0.717) is 12.0 Å². The third kappa shape index (κ3) is 3.79. The minimum Gasteiger partial charge on any atom is -0.198 e. The van der Waals surface area contributed by atoms with E-state index in [0.717, 1.165) is 25.8 Å². The highest BCUT2D eigenvalue weighted by atomic mass is 15.0. The third-order valence-electron chi connectivity index (χ3n) is 8.49. The Morgan fingerprint density at radius 3 is 2.32 bits per heavy atom. The van der Waals surface area contributed by atoms with Crippen molar-refractivity contribution in [3.63, 3.8) is 0 Å². The molecule has 0 radical (unpaired) electrons. The summed E-state index contributed by atoms with van der Waals surface area (Å²) in [6.45, 7) is 3.24. The first kappa shape index (κ1) is 22.2. The fourth-order valence-electron chi connectivity index (χ4n) is 6.72. The van der Waals surface area contributed by atoms with Crippen molar-refractivity contribution in [1.82, 2.24) is 0 Å². The second kappa shape index (κ2) is 9.12. The molecule has 4 heterocycles. The smallest absolute Gasteiger partial charge is 0.198 e. The second-order valence-electron chi connectivity index (χ2n) is 10.6. The molecule has 0 spiro atoms. The monoisotopic (exact) mass is 480 g/mol. The predicted molar refractivity (Wildman–Crippen MR) is 149 cm³/mol. The maximum atomic E-state index is 2.56. The zero-order valence-corrected chi connectivity index (χ0v) is 21.3. The van der Waals surface area contributed by atoms with Gasteiger partial charge in [0.25, 0.3) is 0 Å². The molecule has 7 rings (SSSR count). The summed E-state index contributed by atoms with van der Waals surface area (Å²) in [5.41, 5.74) is 12.3. The van der Waals surface area contributed by atoms with Crippen molar-refractivity contribution >= 4 is 0 Å². The van der Waals surface area contributed by atoms with E-state index in [9.17, 15) is 0 Å². The Hall–Kier alpha value is -4.04. The van der Waals surface area contributed by atoms with Gasteiger partial charge in [0.15, 0.2) is 18.4 Å². The van der Waals surface area contributed by atoms with Gasteiger partial charge in [-0.15, -0.1) is 0 Å². The minimum atomic E-state index is 0.445. The Morgan fingerprint density at radius 2 is 1.43 bits per heavy atom. The molecular formula is C35H32N2+2. The Bertz CT molecular complexity index is 1600. The van der Waals surface area contributed by atoms with Crippen LogP contribution in [0, 0.1) is 6.92 Å². The molecule has 3 aromatic carbocycles. The van der Waals surface area contributed by atoms with Gasteiger partial charge in [0.1, 0.15) is 6.54 Å². The van der Waals surface area contributed by atoms with Gasteiger partial charge in [-0.1, -0.05) is 66.7 Å². The molecule has 0 fully saturated rings. The number of hydrogen-bond donors (Lipinski definition) is 0. The van der Waals surface area contributed by atoms with Gasteiger partial charge in [0, 0.05) is 47.7 Å². The van der Waals surface area contributed by atoms with Crippen LogP contribution >= 0.6 is 0 Å². The van der Waals surface area contributed by atoms with Crippen molar-refractivity contribution < 1.29 is 9.13 Å². The summed E-state index contributed by atoms with van der Waals surface area (Å²) >= 11 is 0. The summed E-state index contributed by atoms with van der Waals surface area (Å²) in [4.78, 5) is 0. The molecular weight excluding hydrogens is 448 g/mol. The van der Waals surface area contributed by atoms with E-state index in [1.807, 2.05) is 0 Å². The van der Waals surface area contributed by atoms with Crippen LogP contribution in [0.2, 0.25) is 0 Å². The number of benzene rings is 3. The average Bonchev–Trinajstić information content (AvgIpc) is 2.96. The zero-order chi connectivity index (χ0) is 24.8. The molecule has 2 heteroatoms. The van der Waals surface area contributed by atoms with Gasteiger partial charge in [0.05, 0.1) is 5.92 Å². The third-order valence-corrected chi connectivity index (χ3v) is 8.49. The van der Waals surface area contributed by atoms with E-state index in [4.69, 9.17) is 0 Å².